The van der Waals surface area contributed by atoms with Crippen LogP contribution in [-0.2, 0) is 13.0 Å². The molecule has 2 N–H and O–H groups in total. The SMILES string of the molecule is Cc1ccccc1CCOc1ccc(NC(=O)NCc2cccnc2)cc1. The molecule has 0 atom stereocenters. The monoisotopic (exact) mass is 361 g/mol. The molecule has 0 bridgehead atoms. The highest BCUT2D eigenvalue weighted by Crippen LogP contribution is 2.16. The van der Waals surface area contributed by atoms with Crippen molar-refractivity contribution in [3.05, 3.63) is 89.7 Å². The summed E-state index contributed by atoms with van der Waals surface area (Å²) in [5, 5.41) is 5.60. The Morgan fingerprint density at radius 2 is 1.85 bits per heavy atom. The minimum Gasteiger partial charge on any atom is -0.493 e. The summed E-state index contributed by atoms with van der Waals surface area (Å²) in [6.45, 7) is 3.15. The number of nitrogens with zero attached hydrogens (tertiary/aromatic N) is 1. The highest BCUT2D eigenvalue weighted by atomic mass is 16.5. The maximum absolute atomic E-state index is 12.0. The third kappa shape index (κ3) is 5.85. The zero-order valence-electron chi connectivity index (χ0n) is 15.3. The highest BCUT2D eigenvalue weighted by molar-refractivity contribution is 5.89. The number of carbonyl (C=O) groups excluding carboxylic acids is 1. The van der Waals surface area contributed by atoms with Crippen molar-refractivity contribution in [3.63, 3.8) is 0 Å². The molecule has 0 aliphatic carbocycles. The molecular formula is C22H23N3O2. The van der Waals surface area contributed by atoms with E-state index >= 15 is 0 Å². The third-order valence-electron chi connectivity index (χ3n) is 4.19. The van der Waals surface area contributed by atoms with Crippen molar-refractivity contribution < 1.29 is 9.53 Å². The minimum absolute atomic E-state index is 0.257. The van der Waals surface area contributed by atoms with Gasteiger partial charge in [-0.1, -0.05) is 30.3 Å². The van der Waals surface area contributed by atoms with E-state index in [4.69, 9.17) is 4.74 Å². The van der Waals surface area contributed by atoms with Crippen LogP contribution in [0.15, 0.2) is 73.1 Å². The molecule has 0 aliphatic heterocycles. The van der Waals surface area contributed by atoms with Crippen molar-refractivity contribution in [2.75, 3.05) is 11.9 Å². The van der Waals surface area contributed by atoms with Gasteiger partial charge in [0, 0.05) is 31.0 Å². The average Bonchev–Trinajstić information content (AvgIpc) is 2.70. The quantitative estimate of drug-likeness (QED) is 0.658. The van der Waals surface area contributed by atoms with Crippen LogP contribution >= 0.6 is 0 Å². The molecule has 3 aromatic rings. The van der Waals surface area contributed by atoms with E-state index in [2.05, 4.69) is 34.7 Å². The summed E-state index contributed by atoms with van der Waals surface area (Å²) in [7, 11) is 0. The van der Waals surface area contributed by atoms with E-state index in [1.54, 1.807) is 12.4 Å². The Bertz CT molecular complexity index is 864. The van der Waals surface area contributed by atoms with Crippen LogP contribution in [0.25, 0.3) is 0 Å². The molecule has 2 amide bonds. The Morgan fingerprint density at radius 3 is 2.59 bits per heavy atom. The molecule has 0 radical (unpaired) electrons. The summed E-state index contributed by atoms with van der Waals surface area (Å²) in [5.74, 6) is 0.782. The van der Waals surface area contributed by atoms with Gasteiger partial charge in [0.1, 0.15) is 5.75 Å². The number of rotatable bonds is 7. The summed E-state index contributed by atoms with van der Waals surface area (Å²) in [6.07, 6.45) is 4.29. The van der Waals surface area contributed by atoms with Gasteiger partial charge in [0.05, 0.1) is 6.61 Å². The van der Waals surface area contributed by atoms with Crippen molar-refractivity contribution in [1.29, 1.82) is 0 Å². The first-order valence-corrected chi connectivity index (χ1v) is 8.92. The number of aryl methyl sites for hydroxylation is 1. The van der Waals surface area contributed by atoms with E-state index in [1.165, 1.54) is 11.1 Å². The fraction of sp³-hybridized carbons (Fsp3) is 0.182. The summed E-state index contributed by atoms with van der Waals surface area (Å²) in [5.41, 5.74) is 4.23. The van der Waals surface area contributed by atoms with Crippen LogP contribution in [0.5, 0.6) is 5.75 Å². The number of urea groups is 1. The molecule has 0 saturated carbocycles. The lowest BCUT2D eigenvalue weighted by molar-refractivity contribution is 0.251. The van der Waals surface area contributed by atoms with E-state index in [-0.39, 0.29) is 6.03 Å². The van der Waals surface area contributed by atoms with Crippen molar-refractivity contribution in [1.82, 2.24) is 10.3 Å². The van der Waals surface area contributed by atoms with Crippen molar-refractivity contribution in [2.24, 2.45) is 0 Å². The van der Waals surface area contributed by atoms with Crippen molar-refractivity contribution in [2.45, 2.75) is 19.9 Å². The molecule has 0 aliphatic rings. The van der Waals surface area contributed by atoms with E-state index in [0.29, 0.717) is 18.8 Å². The lowest BCUT2D eigenvalue weighted by atomic mass is 10.1. The molecule has 0 spiro atoms. The molecule has 2 aromatic carbocycles. The van der Waals surface area contributed by atoms with Crippen LogP contribution in [0, 0.1) is 6.92 Å². The molecule has 5 heteroatoms. The maximum atomic E-state index is 12.0. The number of pyridine rings is 1. The van der Waals surface area contributed by atoms with Crippen molar-refractivity contribution in [3.8, 4) is 5.75 Å². The van der Waals surface area contributed by atoms with Gasteiger partial charge < -0.3 is 15.4 Å². The van der Waals surface area contributed by atoms with E-state index < -0.39 is 0 Å². The number of amides is 2. The van der Waals surface area contributed by atoms with Crippen LogP contribution in [0.2, 0.25) is 0 Å². The van der Waals surface area contributed by atoms with Crippen LogP contribution in [0.3, 0.4) is 0 Å². The highest BCUT2D eigenvalue weighted by Gasteiger charge is 2.03. The summed E-state index contributed by atoms with van der Waals surface area (Å²) in [4.78, 5) is 16.0. The van der Waals surface area contributed by atoms with Gasteiger partial charge in [-0.05, 0) is 53.9 Å². The number of hydrogen-bond acceptors (Lipinski definition) is 3. The normalized spacial score (nSPS) is 10.3. The fourth-order valence-corrected chi connectivity index (χ4v) is 2.66. The third-order valence-corrected chi connectivity index (χ3v) is 4.19. The molecule has 3 rings (SSSR count). The smallest absolute Gasteiger partial charge is 0.319 e. The Balaban J connectivity index is 1.43. The van der Waals surface area contributed by atoms with Crippen LogP contribution in [-0.4, -0.2) is 17.6 Å². The average molecular weight is 361 g/mol. The van der Waals surface area contributed by atoms with Gasteiger partial charge in [-0.2, -0.15) is 0 Å². The number of anilines is 1. The van der Waals surface area contributed by atoms with E-state index in [9.17, 15) is 4.79 Å². The molecule has 0 unspecified atom stereocenters. The molecule has 27 heavy (non-hydrogen) atoms. The second-order valence-electron chi connectivity index (χ2n) is 6.22. The van der Waals surface area contributed by atoms with Crippen LogP contribution in [0.1, 0.15) is 16.7 Å². The summed E-state index contributed by atoms with van der Waals surface area (Å²) >= 11 is 0. The number of carbonyl (C=O) groups is 1. The van der Waals surface area contributed by atoms with Gasteiger partial charge in [-0.25, -0.2) is 4.79 Å². The lowest BCUT2D eigenvalue weighted by Crippen LogP contribution is -2.28. The Hall–Kier alpha value is -3.34. The molecule has 1 aromatic heterocycles. The predicted octanol–water partition coefficient (Wildman–Crippen LogP) is 4.33. The van der Waals surface area contributed by atoms with E-state index in [0.717, 1.165) is 17.7 Å². The van der Waals surface area contributed by atoms with Gasteiger partial charge in [0.25, 0.3) is 0 Å². The number of aromatic nitrogens is 1. The Labute approximate surface area is 159 Å². The number of ether oxygens (including phenoxy) is 1. The Morgan fingerprint density at radius 1 is 1.04 bits per heavy atom. The zero-order valence-corrected chi connectivity index (χ0v) is 15.3. The lowest BCUT2D eigenvalue weighted by Gasteiger charge is -2.10. The van der Waals surface area contributed by atoms with Crippen LogP contribution in [0.4, 0.5) is 10.5 Å². The number of hydrogen-bond donors (Lipinski definition) is 2. The van der Waals surface area contributed by atoms with Gasteiger partial charge in [0.15, 0.2) is 0 Å². The number of nitrogens with one attached hydrogen (secondary N) is 2. The summed E-state index contributed by atoms with van der Waals surface area (Å²) < 4.78 is 5.79. The molecule has 5 nitrogen and oxygen atoms in total. The van der Waals surface area contributed by atoms with Gasteiger partial charge >= 0.3 is 6.03 Å². The predicted molar refractivity (Wildman–Crippen MR) is 107 cm³/mol. The fourth-order valence-electron chi connectivity index (χ4n) is 2.66. The van der Waals surface area contributed by atoms with Gasteiger partial charge in [0.2, 0.25) is 0 Å². The van der Waals surface area contributed by atoms with E-state index in [1.807, 2.05) is 48.5 Å². The minimum atomic E-state index is -0.257. The molecular weight excluding hydrogens is 338 g/mol. The largest absolute Gasteiger partial charge is 0.493 e. The molecule has 0 fully saturated rings. The second-order valence-corrected chi connectivity index (χ2v) is 6.22. The molecule has 0 saturated heterocycles. The first-order chi connectivity index (χ1) is 13.2. The zero-order chi connectivity index (χ0) is 18.9. The molecule has 138 valence electrons. The first kappa shape index (κ1) is 18.5. The maximum Gasteiger partial charge on any atom is 0.319 e. The molecule has 1 heterocycles. The first-order valence-electron chi connectivity index (χ1n) is 8.92. The second kappa shape index (κ2) is 9.38. The Kier molecular flexibility index (Phi) is 6.41. The van der Waals surface area contributed by atoms with Crippen LogP contribution < -0.4 is 15.4 Å². The van der Waals surface area contributed by atoms with Gasteiger partial charge in [-0.15, -0.1) is 0 Å². The number of benzene rings is 2. The van der Waals surface area contributed by atoms with Gasteiger partial charge in [-0.3, -0.25) is 4.98 Å². The topological polar surface area (TPSA) is 63.2 Å². The summed E-state index contributed by atoms with van der Waals surface area (Å²) in [6, 6.07) is 19.2. The van der Waals surface area contributed by atoms with Crippen molar-refractivity contribution >= 4 is 11.7 Å². The standard InChI is InChI=1S/C22H23N3O2/c1-17-5-2-3-7-19(17)12-14-27-21-10-8-20(9-11-21)25-22(26)24-16-18-6-4-13-23-15-18/h2-11,13,15H,12,14,16H2,1H3,(H2,24,25,26).